The number of benzene rings is 1. The van der Waals surface area contributed by atoms with Gasteiger partial charge in [0.15, 0.2) is 0 Å². The maximum atomic E-state index is 11.8. The predicted octanol–water partition coefficient (Wildman–Crippen LogP) is 4.65. The Labute approximate surface area is 142 Å². The molecule has 0 bridgehead atoms. The summed E-state index contributed by atoms with van der Waals surface area (Å²) in [5.41, 5.74) is 0.869. The van der Waals surface area contributed by atoms with Crippen LogP contribution < -0.4 is 5.32 Å². The molecule has 0 aliphatic carbocycles. The van der Waals surface area contributed by atoms with Gasteiger partial charge in [0.25, 0.3) is 0 Å². The summed E-state index contributed by atoms with van der Waals surface area (Å²) in [5, 5.41) is 5.98. The van der Waals surface area contributed by atoms with Crippen molar-refractivity contribution in [2.75, 3.05) is 12.3 Å². The zero-order valence-corrected chi connectivity index (χ0v) is 14.4. The van der Waals surface area contributed by atoms with E-state index in [2.05, 4.69) is 22.8 Å². The van der Waals surface area contributed by atoms with Crippen LogP contribution in [0.5, 0.6) is 0 Å². The lowest BCUT2D eigenvalue weighted by Gasteiger charge is -2.06. The predicted molar refractivity (Wildman–Crippen MR) is 93.7 cm³/mol. The van der Waals surface area contributed by atoms with Gasteiger partial charge in [-0.05, 0) is 29.1 Å². The molecule has 0 saturated heterocycles. The van der Waals surface area contributed by atoms with Gasteiger partial charge in [-0.2, -0.15) is 11.8 Å². The third kappa shape index (κ3) is 5.91. The van der Waals surface area contributed by atoms with Crippen molar-refractivity contribution >= 4 is 52.2 Å². The van der Waals surface area contributed by atoms with Gasteiger partial charge in [-0.15, -0.1) is 11.3 Å². The minimum absolute atomic E-state index is 0.00473. The Hall–Kier alpha value is -0.680. The topological polar surface area (TPSA) is 29.1 Å². The molecule has 0 spiro atoms. The van der Waals surface area contributed by atoms with E-state index < -0.39 is 0 Å². The summed E-state index contributed by atoms with van der Waals surface area (Å²) in [4.78, 5) is 13.2. The van der Waals surface area contributed by atoms with Crippen molar-refractivity contribution in [1.29, 1.82) is 0 Å². The number of halogens is 2. The van der Waals surface area contributed by atoms with Crippen molar-refractivity contribution in [2.24, 2.45) is 0 Å². The molecule has 0 radical (unpaired) electrons. The van der Waals surface area contributed by atoms with Gasteiger partial charge in [0.2, 0.25) is 5.91 Å². The second-order valence-electron chi connectivity index (χ2n) is 4.41. The van der Waals surface area contributed by atoms with E-state index in [4.69, 9.17) is 23.2 Å². The summed E-state index contributed by atoms with van der Waals surface area (Å²) in [6.45, 7) is 0.677. The number of carbonyl (C=O) groups is 1. The monoisotopic (exact) mass is 359 g/mol. The average Bonchev–Trinajstić information content (AvgIpc) is 2.96. The van der Waals surface area contributed by atoms with E-state index in [1.807, 2.05) is 17.8 Å². The third-order valence-electron chi connectivity index (χ3n) is 2.74. The first-order valence-electron chi connectivity index (χ1n) is 6.46. The molecule has 112 valence electrons. The highest BCUT2D eigenvalue weighted by Gasteiger charge is 2.05. The number of hydrogen-bond acceptors (Lipinski definition) is 3. The molecule has 1 heterocycles. The van der Waals surface area contributed by atoms with Crippen molar-refractivity contribution in [2.45, 2.75) is 12.2 Å². The first kappa shape index (κ1) is 16.7. The van der Waals surface area contributed by atoms with Crippen molar-refractivity contribution < 1.29 is 4.79 Å². The molecule has 1 amide bonds. The Bertz CT molecular complexity index is 587. The SMILES string of the molecule is O=C(Cc1ccc(Cl)c(Cl)c1)NCCSCc1cccs1. The van der Waals surface area contributed by atoms with Crippen LogP contribution in [0.1, 0.15) is 10.4 Å². The van der Waals surface area contributed by atoms with Crippen LogP contribution in [0.25, 0.3) is 0 Å². The van der Waals surface area contributed by atoms with Crippen LogP contribution in [-0.2, 0) is 17.0 Å². The summed E-state index contributed by atoms with van der Waals surface area (Å²) in [6, 6.07) is 9.44. The molecule has 21 heavy (non-hydrogen) atoms. The van der Waals surface area contributed by atoms with Crippen LogP contribution in [0.15, 0.2) is 35.7 Å². The normalized spacial score (nSPS) is 10.6. The Kier molecular flexibility index (Phi) is 6.90. The van der Waals surface area contributed by atoms with Crippen LogP contribution in [-0.4, -0.2) is 18.2 Å². The molecule has 0 atom stereocenters. The Morgan fingerprint density at radius 1 is 1.24 bits per heavy atom. The van der Waals surface area contributed by atoms with Crippen molar-refractivity contribution in [3.05, 3.63) is 56.2 Å². The molecule has 6 heteroatoms. The van der Waals surface area contributed by atoms with Gasteiger partial charge >= 0.3 is 0 Å². The van der Waals surface area contributed by atoms with Crippen molar-refractivity contribution in [1.82, 2.24) is 5.32 Å². The molecule has 2 rings (SSSR count). The minimum atomic E-state index is 0.00473. The fourth-order valence-electron chi connectivity index (χ4n) is 1.73. The van der Waals surface area contributed by atoms with Crippen LogP contribution >= 0.6 is 46.3 Å². The molecule has 0 aliphatic rings. The van der Waals surface area contributed by atoms with E-state index in [1.54, 1.807) is 23.5 Å². The number of carbonyl (C=O) groups excluding carboxylic acids is 1. The van der Waals surface area contributed by atoms with E-state index in [9.17, 15) is 4.79 Å². The van der Waals surface area contributed by atoms with Gasteiger partial charge in [0.05, 0.1) is 16.5 Å². The summed E-state index contributed by atoms with van der Waals surface area (Å²) >= 11 is 15.4. The van der Waals surface area contributed by atoms with E-state index in [0.29, 0.717) is 23.0 Å². The van der Waals surface area contributed by atoms with Gasteiger partial charge in [-0.3, -0.25) is 4.79 Å². The first-order chi connectivity index (χ1) is 10.1. The summed E-state index contributed by atoms with van der Waals surface area (Å²) in [5.74, 6) is 1.91. The van der Waals surface area contributed by atoms with Crippen LogP contribution in [0.3, 0.4) is 0 Å². The zero-order valence-electron chi connectivity index (χ0n) is 11.3. The maximum absolute atomic E-state index is 11.8. The second kappa shape index (κ2) is 8.69. The molecular weight excluding hydrogens is 345 g/mol. The molecule has 1 aromatic heterocycles. The highest BCUT2D eigenvalue weighted by molar-refractivity contribution is 7.98. The van der Waals surface area contributed by atoms with E-state index in [1.165, 1.54) is 4.88 Å². The van der Waals surface area contributed by atoms with Crippen LogP contribution in [0.2, 0.25) is 10.0 Å². The summed E-state index contributed by atoms with van der Waals surface area (Å²) < 4.78 is 0. The van der Waals surface area contributed by atoms with E-state index in [-0.39, 0.29) is 5.91 Å². The average molecular weight is 360 g/mol. The third-order valence-corrected chi connectivity index (χ3v) is 5.55. The zero-order chi connectivity index (χ0) is 15.1. The smallest absolute Gasteiger partial charge is 0.224 e. The van der Waals surface area contributed by atoms with Gasteiger partial charge in [-0.25, -0.2) is 0 Å². The molecule has 1 N–H and O–H groups in total. The number of thioether (sulfide) groups is 1. The standard InChI is InChI=1S/C15H15Cl2NOS2/c16-13-4-3-11(8-14(13)17)9-15(19)18-5-7-20-10-12-2-1-6-21-12/h1-4,6,8H,5,7,9-10H2,(H,18,19). The Morgan fingerprint density at radius 2 is 2.10 bits per heavy atom. The number of nitrogens with one attached hydrogen (secondary N) is 1. The van der Waals surface area contributed by atoms with Gasteiger partial charge < -0.3 is 5.32 Å². The summed E-state index contributed by atoms with van der Waals surface area (Å²) in [6.07, 6.45) is 0.326. The fraction of sp³-hybridized carbons (Fsp3) is 0.267. The number of thiophene rings is 1. The Balaban J connectivity index is 1.64. The maximum Gasteiger partial charge on any atom is 0.224 e. The van der Waals surface area contributed by atoms with Crippen molar-refractivity contribution in [3.8, 4) is 0 Å². The van der Waals surface area contributed by atoms with Crippen LogP contribution in [0, 0.1) is 0 Å². The lowest BCUT2D eigenvalue weighted by Crippen LogP contribution is -2.27. The minimum Gasteiger partial charge on any atom is -0.355 e. The van der Waals surface area contributed by atoms with Gasteiger partial charge in [0.1, 0.15) is 0 Å². The van der Waals surface area contributed by atoms with Gasteiger partial charge in [0, 0.05) is 22.9 Å². The van der Waals surface area contributed by atoms with E-state index >= 15 is 0 Å². The molecule has 2 nitrogen and oxygen atoms in total. The van der Waals surface area contributed by atoms with Crippen LogP contribution in [0.4, 0.5) is 0 Å². The highest BCUT2D eigenvalue weighted by Crippen LogP contribution is 2.22. The molecule has 0 fully saturated rings. The van der Waals surface area contributed by atoms with Gasteiger partial charge in [-0.1, -0.05) is 35.3 Å². The molecule has 1 aromatic carbocycles. The summed E-state index contributed by atoms with van der Waals surface area (Å²) in [7, 11) is 0. The quantitative estimate of drug-likeness (QED) is 0.729. The lowest BCUT2D eigenvalue weighted by molar-refractivity contribution is -0.120. The molecule has 0 saturated carbocycles. The Morgan fingerprint density at radius 3 is 2.81 bits per heavy atom. The highest BCUT2D eigenvalue weighted by atomic mass is 35.5. The second-order valence-corrected chi connectivity index (χ2v) is 7.36. The lowest BCUT2D eigenvalue weighted by atomic mass is 10.1. The fourth-order valence-corrected chi connectivity index (χ4v) is 3.75. The molecular formula is C15H15Cl2NOS2. The van der Waals surface area contributed by atoms with Crippen molar-refractivity contribution in [3.63, 3.8) is 0 Å². The number of amides is 1. The number of hydrogen-bond donors (Lipinski definition) is 1. The number of rotatable bonds is 7. The van der Waals surface area contributed by atoms with E-state index in [0.717, 1.165) is 17.1 Å². The largest absolute Gasteiger partial charge is 0.355 e. The molecule has 0 unspecified atom stereocenters. The first-order valence-corrected chi connectivity index (χ1v) is 9.25. The molecule has 2 aromatic rings. The molecule has 0 aliphatic heterocycles.